The van der Waals surface area contributed by atoms with Crippen LogP contribution in [0.4, 0.5) is 4.79 Å². The number of aromatic nitrogens is 1. The van der Waals surface area contributed by atoms with Crippen molar-refractivity contribution in [3.05, 3.63) is 30.5 Å². The Bertz CT molecular complexity index is 1910. The van der Waals surface area contributed by atoms with E-state index in [1.165, 1.54) is 4.90 Å². The van der Waals surface area contributed by atoms with Crippen molar-refractivity contribution in [2.45, 2.75) is 128 Å². The molecular weight excluding hydrogens is 727 g/mol. The fourth-order valence-corrected chi connectivity index (χ4v) is 9.56. The first-order valence-electron chi connectivity index (χ1n) is 19.6. The lowest BCUT2D eigenvalue weighted by atomic mass is 9.75. The molecule has 1 unspecified atom stereocenters. The SMILES string of the molecule is COc1ccc2c(O[C@@H]3C[C@@H](C(=O)N[C@]4(C(=O)NS(=O)(=O)C5CC5)C[C@H]4C)N(C(=O)[C@@H](NC(=O)O[C@H]4C[C@@H](C)CCC4C(C)C)C(C)(C)C)C3)nccc2c1. The van der Waals surface area contributed by atoms with Crippen molar-refractivity contribution in [1.29, 1.82) is 0 Å². The molecule has 8 atom stereocenters. The van der Waals surface area contributed by atoms with Crippen LogP contribution in [-0.4, -0.2) is 90.9 Å². The van der Waals surface area contributed by atoms with E-state index in [2.05, 4.69) is 41.1 Å². The maximum Gasteiger partial charge on any atom is 0.408 e. The highest BCUT2D eigenvalue weighted by Gasteiger charge is 2.61. The molecule has 4 fully saturated rings. The number of benzene rings is 1. The molecule has 0 spiro atoms. The monoisotopic (exact) mass is 783 g/mol. The molecule has 3 aliphatic carbocycles. The van der Waals surface area contributed by atoms with Gasteiger partial charge in [0.25, 0.3) is 5.91 Å². The van der Waals surface area contributed by atoms with Gasteiger partial charge in [-0.05, 0) is 90.8 Å². The second-order valence-corrected chi connectivity index (χ2v) is 19.6. The highest BCUT2D eigenvalue weighted by Crippen LogP contribution is 2.44. The van der Waals surface area contributed by atoms with E-state index in [1.54, 1.807) is 26.3 Å². The molecule has 15 heteroatoms. The van der Waals surface area contributed by atoms with Crippen LogP contribution in [0.5, 0.6) is 11.6 Å². The number of nitrogens with zero attached hydrogens (tertiary/aromatic N) is 2. The summed E-state index contributed by atoms with van der Waals surface area (Å²) in [4.78, 5) is 61.9. The van der Waals surface area contributed by atoms with Crippen LogP contribution >= 0.6 is 0 Å². The smallest absolute Gasteiger partial charge is 0.408 e. The van der Waals surface area contributed by atoms with Gasteiger partial charge in [-0.1, -0.05) is 54.9 Å². The van der Waals surface area contributed by atoms with Crippen molar-refractivity contribution < 1.29 is 41.8 Å². The Kier molecular flexibility index (Phi) is 11.4. The number of hydrogen-bond acceptors (Lipinski definition) is 10. The second-order valence-electron chi connectivity index (χ2n) is 17.6. The van der Waals surface area contributed by atoms with E-state index in [4.69, 9.17) is 14.2 Å². The van der Waals surface area contributed by atoms with E-state index in [-0.39, 0.29) is 37.3 Å². The Labute approximate surface area is 324 Å². The number of methoxy groups -OCH3 is 1. The Morgan fingerprint density at radius 1 is 1.02 bits per heavy atom. The summed E-state index contributed by atoms with van der Waals surface area (Å²) in [6, 6.07) is 5.09. The molecule has 3 saturated carbocycles. The van der Waals surface area contributed by atoms with Gasteiger partial charge in [-0.25, -0.2) is 18.2 Å². The third kappa shape index (κ3) is 8.81. The first-order valence-corrected chi connectivity index (χ1v) is 21.1. The third-order valence-electron chi connectivity index (χ3n) is 11.9. The Balaban J connectivity index is 1.26. The minimum atomic E-state index is -3.86. The average Bonchev–Trinajstić information content (AvgIpc) is 4.03. The molecule has 1 aromatic carbocycles. The molecule has 4 amide bonds. The third-order valence-corrected chi connectivity index (χ3v) is 13.7. The zero-order valence-corrected chi connectivity index (χ0v) is 34.0. The van der Waals surface area contributed by atoms with Gasteiger partial charge in [0.2, 0.25) is 27.7 Å². The molecule has 1 saturated heterocycles. The van der Waals surface area contributed by atoms with Crippen molar-refractivity contribution in [3.8, 4) is 11.6 Å². The second kappa shape index (κ2) is 15.4. The minimum Gasteiger partial charge on any atom is -0.497 e. The number of pyridine rings is 1. The lowest BCUT2D eigenvalue weighted by Gasteiger charge is -2.38. The number of rotatable bonds is 12. The number of alkyl carbamates (subject to hydrolysis) is 1. The van der Waals surface area contributed by atoms with Gasteiger partial charge in [0.15, 0.2) is 0 Å². The van der Waals surface area contributed by atoms with Crippen molar-refractivity contribution >= 4 is 44.6 Å². The topological polar surface area (TPSA) is 182 Å². The molecule has 2 aromatic rings. The summed E-state index contributed by atoms with van der Waals surface area (Å²) >= 11 is 0. The maximum absolute atomic E-state index is 14.7. The first-order chi connectivity index (χ1) is 25.8. The molecule has 6 rings (SSSR count). The van der Waals surface area contributed by atoms with Crippen molar-refractivity contribution in [2.24, 2.45) is 29.1 Å². The largest absolute Gasteiger partial charge is 0.497 e. The quantitative estimate of drug-likeness (QED) is 0.273. The summed E-state index contributed by atoms with van der Waals surface area (Å²) in [7, 11) is -2.28. The number of hydrogen-bond donors (Lipinski definition) is 3. The highest BCUT2D eigenvalue weighted by molar-refractivity contribution is 7.91. The summed E-state index contributed by atoms with van der Waals surface area (Å²) in [5.41, 5.74) is -2.24. The van der Waals surface area contributed by atoms with Gasteiger partial charge in [-0.2, -0.15) is 0 Å². The maximum atomic E-state index is 14.7. The van der Waals surface area contributed by atoms with Gasteiger partial charge in [0.05, 0.1) is 18.9 Å². The van der Waals surface area contributed by atoms with E-state index in [0.717, 1.165) is 24.6 Å². The van der Waals surface area contributed by atoms with Gasteiger partial charge in [0, 0.05) is 18.0 Å². The molecular formula is C40H57N5O9S. The fourth-order valence-electron chi connectivity index (χ4n) is 8.19. The molecule has 14 nitrogen and oxygen atoms in total. The summed E-state index contributed by atoms with van der Waals surface area (Å²) in [6.45, 7) is 13.6. The number of amides is 4. The van der Waals surface area contributed by atoms with Crippen LogP contribution in [0.3, 0.4) is 0 Å². The molecule has 55 heavy (non-hydrogen) atoms. The number of nitrogens with one attached hydrogen (secondary N) is 3. The minimum absolute atomic E-state index is 0.0190. The van der Waals surface area contributed by atoms with E-state index in [1.807, 2.05) is 39.0 Å². The van der Waals surface area contributed by atoms with Crippen molar-refractivity contribution in [3.63, 3.8) is 0 Å². The first kappa shape index (κ1) is 40.5. The standard InChI is InChI=1S/C40H57N5O9S/c1-22(2)29-13-9-23(3)17-32(29)54-38(49)42-33(39(5,6)7)36(47)45-21-27(53-35-30-14-10-26(52-8)18-25(30)15-16-41-35)19-31(45)34(46)43-40(20-24(40)4)37(48)44-55(50,51)28-11-12-28/h10,14-16,18,22-24,27-29,31-33H,9,11-13,17,19-21H2,1-8H3,(H,42,49)(H,43,46)(H,44,48)/t23-,24+,27+,29?,31-,32-,33+,40+/m0/s1. The summed E-state index contributed by atoms with van der Waals surface area (Å²) in [5, 5.41) is 6.62. The zero-order valence-electron chi connectivity index (χ0n) is 33.2. The molecule has 1 aliphatic heterocycles. The summed E-state index contributed by atoms with van der Waals surface area (Å²) in [5.74, 6) is -0.360. The van der Waals surface area contributed by atoms with E-state index >= 15 is 0 Å². The molecule has 3 N–H and O–H groups in total. The molecule has 1 aromatic heterocycles. The van der Waals surface area contributed by atoms with Gasteiger partial charge >= 0.3 is 6.09 Å². The van der Waals surface area contributed by atoms with E-state index < -0.39 is 68.2 Å². The highest BCUT2D eigenvalue weighted by atomic mass is 32.2. The number of sulfonamides is 1. The molecule has 302 valence electrons. The number of carbonyl (C=O) groups excluding carboxylic acids is 4. The van der Waals surface area contributed by atoms with Crippen LogP contribution < -0.4 is 24.8 Å². The Morgan fingerprint density at radius 3 is 2.35 bits per heavy atom. The average molecular weight is 784 g/mol. The van der Waals surface area contributed by atoms with Gasteiger partial charge in [-0.15, -0.1) is 0 Å². The normalized spacial score (nSPS) is 28.6. The Morgan fingerprint density at radius 2 is 1.73 bits per heavy atom. The molecule has 2 heterocycles. The summed E-state index contributed by atoms with van der Waals surface area (Å²) in [6.07, 6.45) is 3.93. The van der Waals surface area contributed by atoms with Gasteiger partial charge in [0.1, 0.15) is 35.6 Å². The van der Waals surface area contributed by atoms with Crippen LogP contribution in [0, 0.1) is 29.1 Å². The van der Waals surface area contributed by atoms with Crippen LogP contribution in [0.25, 0.3) is 10.8 Å². The van der Waals surface area contributed by atoms with Crippen molar-refractivity contribution in [2.75, 3.05) is 13.7 Å². The Hall–Kier alpha value is -4.14. The summed E-state index contributed by atoms with van der Waals surface area (Å²) < 4.78 is 45.4. The van der Waals surface area contributed by atoms with Crippen LogP contribution in [-0.2, 0) is 29.1 Å². The van der Waals surface area contributed by atoms with E-state index in [0.29, 0.717) is 41.7 Å². The van der Waals surface area contributed by atoms with Crippen molar-refractivity contribution in [1.82, 2.24) is 25.2 Å². The molecule has 0 bridgehead atoms. The number of fused-ring (bicyclic) bond motifs is 1. The number of ether oxygens (including phenoxy) is 3. The van der Waals surface area contributed by atoms with Gasteiger partial charge in [-0.3, -0.25) is 19.1 Å². The van der Waals surface area contributed by atoms with Crippen LogP contribution in [0.2, 0.25) is 0 Å². The van der Waals surface area contributed by atoms with E-state index in [9.17, 15) is 27.6 Å². The molecule has 4 aliphatic rings. The fraction of sp³-hybridized carbons (Fsp3) is 0.675. The predicted molar refractivity (Wildman–Crippen MR) is 206 cm³/mol. The van der Waals surface area contributed by atoms with Crippen LogP contribution in [0.15, 0.2) is 30.5 Å². The van der Waals surface area contributed by atoms with Crippen LogP contribution in [0.1, 0.15) is 93.4 Å². The lowest BCUT2D eigenvalue weighted by Crippen LogP contribution is -2.60. The number of likely N-dealkylation sites (tertiary alicyclic amines) is 1. The number of carbonyl (C=O) groups is 4. The predicted octanol–water partition coefficient (Wildman–Crippen LogP) is 4.70. The van der Waals surface area contributed by atoms with Gasteiger partial charge < -0.3 is 29.7 Å². The zero-order chi connectivity index (χ0) is 40.0. The lowest BCUT2D eigenvalue weighted by molar-refractivity contribution is -0.143. The molecule has 0 radical (unpaired) electrons.